The predicted molar refractivity (Wildman–Crippen MR) is 114 cm³/mol. The first-order chi connectivity index (χ1) is 14.5. The Bertz CT molecular complexity index is 1210. The van der Waals surface area contributed by atoms with Crippen LogP contribution in [0.1, 0.15) is 40.4 Å². The van der Waals surface area contributed by atoms with Crippen LogP contribution in [0.2, 0.25) is 0 Å². The summed E-state index contributed by atoms with van der Waals surface area (Å²) < 4.78 is 0. The first-order valence-electron chi connectivity index (χ1n) is 10.2. The van der Waals surface area contributed by atoms with Crippen LogP contribution in [-0.4, -0.2) is 29.2 Å². The summed E-state index contributed by atoms with van der Waals surface area (Å²) in [5.74, 6) is -0.646. The number of rotatable bonds is 4. The van der Waals surface area contributed by atoms with Crippen molar-refractivity contribution in [2.24, 2.45) is 0 Å². The van der Waals surface area contributed by atoms with Gasteiger partial charge in [0.15, 0.2) is 5.78 Å². The van der Waals surface area contributed by atoms with Crippen LogP contribution in [0.15, 0.2) is 60.7 Å². The largest absolute Gasteiger partial charge is 0.325 e. The number of carbonyl (C=O) groups excluding carboxylic acids is 3. The number of urea groups is 1. The number of nitrogens with zero attached hydrogens (tertiary/aromatic N) is 1. The lowest BCUT2D eigenvalue weighted by atomic mass is 9.89. The van der Waals surface area contributed by atoms with Crippen molar-refractivity contribution in [2.75, 3.05) is 6.54 Å². The minimum absolute atomic E-state index is 0.256. The summed E-state index contributed by atoms with van der Waals surface area (Å²) >= 11 is 0. The first kappa shape index (κ1) is 18.6. The second-order valence-electron chi connectivity index (χ2n) is 8.23. The second-order valence-corrected chi connectivity index (χ2v) is 8.23. The van der Waals surface area contributed by atoms with Crippen molar-refractivity contribution in [1.82, 2.24) is 10.2 Å². The topological polar surface area (TPSA) is 66.5 Å². The Morgan fingerprint density at radius 1 is 1.00 bits per heavy atom. The molecule has 1 N–H and O–H groups in total. The zero-order chi connectivity index (χ0) is 20.9. The van der Waals surface area contributed by atoms with Gasteiger partial charge in [0, 0.05) is 5.56 Å². The van der Waals surface area contributed by atoms with Gasteiger partial charge in [0.1, 0.15) is 5.54 Å². The number of imide groups is 1. The molecule has 0 saturated carbocycles. The molecule has 1 atom stereocenters. The molecule has 1 fully saturated rings. The lowest BCUT2D eigenvalue weighted by Gasteiger charge is -2.23. The highest BCUT2D eigenvalue weighted by atomic mass is 16.2. The van der Waals surface area contributed by atoms with E-state index in [1.165, 1.54) is 11.1 Å². The molecular formula is C25H22N2O3. The minimum Gasteiger partial charge on any atom is -0.319 e. The van der Waals surface area contributed by atoms with Crippen LogP contribution in [0.4, 0.5) is 4.79 Å². The smallest absolute Gasteiger partial charge is 0.319 e. The SMILES string of the molecule is C[C@@]1(c2ccc3c(c2)CCC3)NC(=O)N(CC(=O)c2cccc3ccccc23)C1=O. The Labute approximate surface area is 174 Å². The van der Waals surface area contributed by atoms with Crippen molar-refractivity contribution in [3.63, 3.8) is 0 Å². The molecule has 0 unspecified atom stereocenters. The number of ketones is 1. The number of hydrogen-bond donors (Lipinski definition) is 1. The highest BCUT2D eigenvalue weighted by Crippen LogP contribution is 2.33. The Morgan fingerprint density at radius 3 is 2.63 bits per heavy atom. The van der Waals surface area contributed by atoms with Gasteiger partial charge in [0.2, 0.25) is 0 Å². The molecule has 5 nitrogen and oxygen atoms in total. The van der Waals surface area contributed by atoms with Crippen molar-refractivity contribution in [3.8, 4) is 0 Å². The van der Waals surface area contributed by atoms with Crippen LogP contribution in [0.25, 0.3) is 10.8 Å². The summed E-state index contributed by atoms with van der Waals surface area (Å²) in [4.78, 5) is 40.0. The van der Waals surface area contributed by atoms with Crippen molar-refractivity contribution in [1.29, 1.82) is 0 Å². The van der Waals surface area contributed by atoms with Gasteiger partial charge in [-0.3, -0.25) is 14.5 Å². The molecule has 5 rings (SSSR count). The lowest BCUT2D eigenvalue weighted by Crippen LogP contribution is -2.41. The number of Topliss-reactive ketones (excluding diaryl/α,β-unsaturated/α-hetero) is 1. The molecule has 150 valence electrons. The second kappa shape index (κ2) is 6.80. The molecule has 1 aliphatic heterocycles. The van der Waals surface area contributed by atoms with Gasteiger partial charge in [-0.25, -0.2) is 4.79 Å². The standard InChI is InChI=1S/C25H22N2O3/c1-25(19-13-12-16-7-4-9-18(16)14-19)23(29)27(24(30)26-25)15-22(28)21-11-5-8-17-6-2-3-10-20(17)21/h2-3,5-6,8,10-14H,4,7,9,15H2,1H3,(H,26,30)/t25-/m0/s1. The zero-order valence-electron chi connectivity index (χ0n) is 16.8. The molecule has 1 saturated heterocycles. The molecule has 5 heteroatoms. The van der Waals surface area contributed by atoms with Crippen LogP contribution in [-0.2, 0) is 23.2 Å². The first-order valence-corrected chi connectivity index (χ1v) is 10.2. The summed E-state index contributed by atoms with van der Waals surface area (Å²) in [5, 5.41) is 4.58. The fourth-order valence-electron chi connectivity index (χ4n) is 4.62. The van der Waals surface area contributed by atoms with Gasteiger partial charge in [-0.1, -0.05) is 60.7 Å². The number of benzene rings is 3. The van der Waals surface area contributed by atoms with E-state index in [-0.39, 0.29) is 18.2 Å². The van der Waals surface area contributed by atoms with Crippen LogP contribution in [0.5, 0.6) is 0 Å². The van der Waals surface area contributed by atoms with Gasteiger partial charge in [0.05, 0.1) is 6.54 Å². The van der Waals surface area contributed by atoms with E-state index in [2.05, 4.69) is 5.32 Å². The maximum Gasteiger partial charge on any atom is 0.325 e. The Morgan fingerprint density at radius 2 is 1.77 bits per heavy atom. The van der Waals surface area contributed by atoms with Gasteiger partial charge in [0.25, 0.3) is 5.91 Å². The molecule has 0 bridgehead atoms. The minimum atomic E-state index is -1.16. The molecule has 0 radical (unpaired) electrons. The van der Waals surface area contributed by atoms with Gasteiger partial charge in [-0.05, 0) is 53.6 Å². The van der Waals surface area contributed by atoms with E-state index in [1.807, 2.05) is 54.6 Å². The maximum absolute atomic E-state index is 13.3. The van der Waals surface area contributed by atoms with Gasteiger partial charge in [-0.2, -0.15) is 0 Å². The average molecular weight is 398 g/mol. The Balaban J connectivity index is 1.44. The maximum atomic E-state index is 13.3. The molecule has 3 aromatic rings. The number of aryl methyl sites for hydroxylation is 2. The van der Waals surface area contributed by atoms with Crippen molar-refractivity contribution in [2.45, 2.75) is 31.7 Å². The van der Waals surface area contributed by atoms with Gasteiger partial charge < -0.3 is 5.32 Å². The van der Waals surface area contributed by atoms with Gasteiger partial charge in [-0.15, -0.1) is 0 Å². The monoisotopic (exact) mass is 398 g/mol. The highest BCUT2D eigenvalue weighted by molar-refractivity contribution is 6.14. The zero-order valence-corrected chi connectivity index (χ0v) is 16.8. The fourth-order valence-corrected chi connectivity index (χ4v) is 4.62. The molecule has 0 aromatic heterocycles. The van der Waals surface area contributed by atoms with E-state index in [1.54, 1.807) is 13.0 Å². The number of amides is 3. The van der Waals surface area contributed by atoms with Crippen molar-refractivity contribution in [3.05, 3.63) is 82.9 Å². The fraction of sp³-hybridized carbons (Fsp3) is 0.240. The summed E-state index contributed by atoms with van der Waals surface area (Å²) in [5.41, 5.74) is 2.66. The molecule has 2 aliphatic rings. The Hall–Kier alpha value is -3.47. The number of hydrogen-bond acceptors (Lipinski definition) is 3. The van der Waals surface area contributed by atoms with E-state index < -0.39 is 11.6 Å². The molecule has 3 amide bonds. The molecule has 3 aromatic carbocycles. The van der Waals surface area contributed by atoms with Crippen LogP contribution >= 0.6 is 0 Å². The molecule has 1 heterocycles. The van der Waals surface area contributed by atoms with Crippen LogP contribution in [0.3, 0.4) is 0 Å². The summed E-state index contributed by atoms with van der Waals surface area (Å²) in [6, 6.07) is 18.5. The number of carbonyl (C=O) groups is 3. The van der Waals surface area contributed by atoms with Crippen LogP contribution < -0.4 is 5.32 Å². The summed E-state index contributed by atoms with van der Waals surface area (Å²) in [7, 11) is 0. The average Bonchev–Trinajstić information content (AvgIpc) is 3.31. The van der Waals surface area contributed by atoms with E-state index >= 15 is 0 Å². The summed E-state index contributed by atoms with van der Waals surface area (Å²) in [6.07, 6.45) is 3.16. The van der Waals surface area contributed by atoms with Crippen molar-refractivity contribution < 1.29 is 14.4 Å². The normalized spacial score (nSPS) is 20.5. The third-order valence-corrected chi connectivity index (χ3v) is 6.34. The summed E-state index contributed by atoms with van der Waals surface area (Å²) in [6.45, 7) is 1.44. The quantitative estimate of drug-likeness (QED) is 0.534. The van der Waals surface area contributed by atoms with Crippen molar-refractivity contribution >= 4 is 28.5 Å². The van der Waals surface area contributed by atoms with E-state index in [9.17, 15) is 14.4 Å². The Kier molecular flexibility index (Phi) is 4.21. The lowest BCUT2D eigenvalue weighted by molar-refractivity contribution is -0.130. The van der Waals surface area contributed by atoms with E-state index in [0.29, 0.717) is 5.56 Å². The van der Waals surface area contributed by atoms with Crippen LogP contribution in [0, 0.1) is 0 Å². The molecule has 0 spiro atoms. The van der Waals surface area contributed by atoms with E-state index in [4.69, 9.17) is 0 Å². The number of fused-ring (bicyclic) bond motifs is 2. The molecule has 30 heavy (non-hydrogen) atoms. The molecular weight excluding hydrogens is 376 g/mol. The molecule has 1 aliphatic carbocycles. The highest BCUT2D eigenvalue weighted by Gasteiger charge is 2.49. The third kappa shape index (κ3) is 2.81. The number of nitrogens with one attached hydrogen (secondary N) is 1. The van der Waals surface area contributed by atoms with Gasteiger partial charge >= 0.3 is 6.03 Å². The third-order valence-electron chi connectivity index (χ3n) is 6.34. The predicted octanol–water partition coefficient (Wildman–Crippen LogP) is 3.98. The van der Waals surface area contributed by atoms with E-state index in [0.717, 1.165) is 40.5 Å².